The minimum atomic E-state index is -0.234. The molecule has 0 aliphatic rings. The largest absolute Gasteiger partial charge is 0.242 e. The minimum absolute atomic E-state index is 0.234. The molecule has 0 aliphatic carbocycles. The summed E-state index contributed by atoms with van der Waals surface area (Å²) in [5, 5.41) is 2.45. The number of aryl methyl sites for hydroxylation is 1. The van der Waals surface area contributed by atoms with E-state index >= 15 is 0 Å². The first-order chi connectivity index (χ1) is 9.63. The maximum Gasteiger partial charge on any atom is 0.124 e. The van der Waals surface area contributed by atoms with Crippen molar-refractivity contribution in [3.05, 3.63) is 71.4 Å². The molecule has 0 heterocycles. The highest BCUT2D eigenvalue weighted by Gasteiger charge is 1.94. The van der Waals surface area contributed by atoms with Crippen LogP contribution in [-0.4, -0.2) is 5.04 Å². The lowest BCUT2D eigenvalue weighted by molar-refractivity contribution is 0.624. The molecule has 0 spiro atoms. The van der Waals surface area contributed by atoms with Crippen LogP contribution < -0.4 is 0 Å². The molecular weight excluding hydrogens is 289 g/mol. The van der Waals surface area contributed by atoms with Crippen molar-refractivity contribution in [3.63, 3.8) is 0 Å². The van der Waals surface area contributed by atoms with Gasteiger partial charge in [-0.15, -0.1) is 12.6 Å². The van der Waals surface area contributed by atoms with Crippen LogP contribution in [0.25, 0.3) is 0 Å². The van der Waals surface area contributed by atoms with Crippen LogP contribution in [0.2, 0.25) is 0 Å². The van der Waals surface area contributed by atoms with Crippen LogP contribution in [0.3, 0.4) is 0 Å². The van der Waals surface area contributed by atoms with Crippen LogP contribution in [0.1, 0.15) is 5.56 Å². The summed E-state index contributed by atoms with van der Waals surface area (Å²) in [6.07, 6.45) is 1.79. The van der Waals surface area contributed by atoms with Crippen LogP contribution in [0, 0.1) is 12.7 Å². The summed E-state index contributed by atoms with van der Waals surface area (Å²) in [5.74, 6) is -0.234. The second-order valence-electron chi connectivity index (χ2n) is 4.18. The van der Waals surface area contributed by atoms with Crippen molar-refractivity contribution in [2.24, 2.45) is 4.99 Å². The summed E-state index contributed by atoms with van der Waals surface area (Å²) in [7, 11) is 0. The third-order valence-corrected chi connectivity index (χ3v) is 3.54. The maximum atomic E-state index is 13.0. The Morgan fingerprint density at radius 2 is 1.95 bits per heavy atom. The van der Waals surface area contributed by atoms with Crippen LogP contribution >= 0.6 is 24.4 Å². The molecule has 0 unspecified atom stereocenters. The van der Waals surface area contributed by atoms with E-state index in [-0.39, 0.29) is 5.82 Å². The molecular formula is C16H14FNS2. The topological polar surface area (TPSA) is 12.4 Å². The molecule has 2 rings (SSSR count). The molecule has 20 heavy (non-hydrogen) atoms. The van der Waals surface area contributed by atoms with Crippen molar-refractivity contribution in [2.45, 2.75) is 11.8 Å². The van der Waals surface area contributed by atoms with Crippen LogP contribution in [0.4, 0.5) is 10.1 Å². The quantitative estimate of drug-likeness (QED) is 0.345. The van der Waals surface area contributed by atoms with Gasteiger partial charge in [0.1, 0.15) is 5.82 Å². The summed E-state index contributed by atoms with van der Waals surface area (Å²) in [6.45, 7) is 2.03. The van der Waals surface area contributed by atoms with Gasteiger partial charge in [-0.2, -0.15) is 0 Å². The first-order valence-corrected chi connectivity index (χ1v) is 7.39. The third-order valence-electron chi connectivity index (χ3n) is 2.49. The minimum Gasteiger partial charge on any atom is -0.242 e. The van der Waals surface area contributed by atoms with Crippen molar-refractivity contribution in [1.29, 1.82) is 0 Å². The smallest absolute Gasteiger partial charge is 0.124 e. The van der Waals surface area contributed by atoms with Crippen molar-refractivity contribution in [1.82, 2.24) is 0 Å². The molecule has 1 nitrogen and oxygen atoms in total. The molecule has 0 atom stereocenters. The van der Waals surface area contributed by atoms with Gasteiger partial charge in [0.25, 0.3) is 0 Å². The maximum absolute atomic E-state index is 13.0. The van der Waals surface area contributed by atoms with E-state index in [9.17, 15) is 4.39 Å². The Balaban J connectivity index is 1.98. The van der Waals surface area contributed by atoms with Crippen LogP contribution in [0.5, 0.6) is 0 Å². The fraction of sp³-hybridized carbons (Fsp3) is 0.0625. The first-order valence-electron chi connectivity index (χ1n) is 6.06. The van der Waals surface area contributed by atoms with Gasteiger partial charge in [0.05, 0.1) is 10.7 Å². The van der Waals surface area contributed by atoms with E-state index in [4.69, 9.17) is 0 Å². The normalized spacial score (nSPS) is 12.1. The Labute approximate surface area is 128 Å². The SMILES string of the molecule is Cc1ccc(N=C(S)C=CSc2cccc(F)c2)cc1. The number of thioether (sulfide) groups is 1. The molecule has 2 aromatic rings. The molecule has 0 aromatic heterocycles. The zero-order chi connectivity index (χ0) is 14.4. The zero-order valence-electron chi connectivity index (χ0n) is 11.0. The molecule has 2 aromatic carbocycles. The highest BCUT2D eigenvalue weighted by atomic mass is 32.2. The summed E-state index contributed by atoms with van der Waals surface area (Å²) in [6, 6.07) is 14.4. The molecule has 4 heteroatoms. The predicted octanol–water partition coefficient (Wildman–Crippen LogP) is 5.40. The van der Waals surface area contributed by atoms with E-state index in [1.165, 1.54) is 29.5 Å². The number of thiol groups is 1. The van der Waals surface area contributed by atoms with Gasteiger partial charge in [-0.1, -0.05) is 35.5 Å². The van der Waals surface area contributed by atoms with Crippen LogP contribution in [0.15, 0.2) is 69.9 Å². The highest BCUT2D eigenvalue weighted by Crippen LogP contribution is 2.20. The second-order valence-corrected chi connectivity index (χ2v) is 5.62. The lowest BCUT2D eigenvalue weighted by atomic mass is 10.2. The molecule has 0 saturated heterocycles. The lowest BCUT2D eigenvalue weighted by Crippen LogP contribution is -1.79. The van der Waals surface area contributed by atoms with Gasteiger partial charge in [-0.05, 0) is 48.7 Å². The van der Waals surface area contributed by atoms with Gasteiger partial charge < -0.3 is 0 Å². The second kappa shape index (κ2) is 7.31. The van der Waals surface area contributed by atoms with E-state index in [2.05, 4.69) is 17.6 Å². The number of rotatable bonds is 4. The van der Waals surface area contributed by atoms with Gasteiger partial charge in [0.2, 0.25) is 0 Å². The average Bonchev–Trinajstić information content (AvgIpc) is 2.41. The molecule has 0 radical (unpaired) electrons. The monoisotopic (exact) mass is 303 g/mol. The lowest BCUT2D eigenvalue weighted by Gasteiger charge is -1.97. The van der Waals surface area contributed by atoms with E-state index < -0.39 is 0 Å². The van der Waals surface area contributed by atoms with Crippen molar-refractivity contribution in [2.75, 3.05) is 0 Å². The number of benzene rings is 2. The fourth-order valence-corrected chi connectivity index (χ4v) is 2.49. The highest BCUT2D eigenvalue weighted by molar-refractivity contribution is 8.02. The van der Waals surface area contributed by atoms with Crippen molar-refractivity contribution in [3.8, 4) is 0 Å². The summed E-state index contributed by atoms with van der Waals surface area (Å²) in [5.41, 5.74) is 2.06. The molecule has 0 aliphatic heterocycles. The number of aliphatic imine (C=N–C) groups is 1. The summed E-state index contributed by atoms with van der Waals surface area (Å²) < 4.78 is 13.0. The molecule has 102 valence electrons. The standard InChI is InChI=1S/C16H14FNS2/c1-12-5-7-14(8-6-12)18-16(19)9-10-20-15-4-2-3-13(17)11-15/h2-11H,1H3,(H,18,19). The molecule has 0 N–H and O–H groups in total. The van der Waals surface area contributed by atoms with Gasteiger partial charge in [0.15, 0.2) is 0 Å². The molecule has 0 fully saturated rings. The zero-order valence-corrected chi connectivity index (χ0v) is 12.7. The van der Waals surface area contributed by atoms with Gasteiger partial charge >= 0.3 is 0 Å². The van der Waals surface area contributed by atoms with Gasteiger partial charge in [-0.25, -0.2) is 9.38 Å². The van der Waals surface area contributed by atoms with E-state index in [1.807, 2.05) is 42.7 Å². The molecule has 0 saturated carbocycles. The Morgan fingerprint density at radius 1 is 1.20 bits per heavy atom. The Bertz CT molecular complexity index is 633. The summed E-state index contributed by atoms with van der Waals surface area (Å²) in [4.78, 5) is 5.20. The van der Waals surface area contributed by atoms with Crippen LogP contribution in [-0.2, 0) is 0 Å². The Morgan fingerprint density at radius 3 is 2.65 bits per heavy atom. The average molecular weight is 303 g/mol. The molecule has 0 bridgehead atoms. The van der Waals surface area contributed by atoms with E-state index in [0.717, 1.165) is 10.6 Å². The predicted molar refractivity (Wildman–Crippen MR) is 88.7 cm³/mol. The third kappa shape index (κ3) is 4.87. The van der Waals surface area contributed by atoms with Gasteiger partial charge in [-0.3, -0.25) is 0 Å². The van der Waals surface area contributed by atoms with E-state index in [1.54, 1.807) is 12.1 Å². The fourth-order valence-electron chi connectivity index (χ4n) is 1.50. The summed E-state index contributed by atoms with van der Waals surface area (Å²) >= 11 is 5.74. The number of nitrogens with zero attached hydrogens (tertiary/aromatic N) is 1. The van der Waals surface area contributed by atoms with Crippen molar-refractivity contribution >= 4 is 35.1 Å². The molecule has 0 amide bonds. The van der Waals surface area contributed by atoms with Gasteiger partial charge in [0, 0.05) is 4.90 Å². The first kappa shape index (κ1) is 14.9. The number of hydrogen-bond donors (Lipinski definition) is 1. The number of halogens is 1. The Hall–Kier alpha value is -1.52. The Kier molecular flexibility index (Phi) is 5.44. The van der Waals surface area contributed by atoms with E-state index in [0.29, 0.717) is 5.04 Å². The van der Waals surface area contributed by atoms with Crippen molar-refractivity contribution < 1.29 is 4.39 Å². The number of hydrogen-bond acceptors (Lipinski definition) is 2.